The molecule has 0 aliphatic carbocycles. The van der Waals surface area contributed by atoms with Crippen LogP contribution in [0.5, 0.6) is 11.5 Å². The number of benzene rings is 2. The SMILES string of the molecule is Cc1ccc(O)c(C2=NN3C(C2)c2ccccc2OC3c2ccc(C)o2)c1. The summed E-state index contributed by atoms with van der Waals surface area (Å²) >= 11 is 0. The molecule has 0 saturated carbocycles. The molecule has 0 amide bonds. The van der Waals surface area contributed by atoms with Gasteiger partial charge in [0, 0.05) is 17.5 Å². The second-order valence-electron chi connectivity index (χ2n) is 7.12. The number of furan rings is 1. The summed E-state index contributed by atoms with van der Waals surface area (Å²) in [4.78, 5) is 0. The van der Waals surface area contributed by atoms with Crippen LogP contribution in [0, 0.1) is 13.8 Å². The Bertz CT molecular complexity index is 1050. The maximum Gasteiger partial charge on any atom is 0.246 e. The molecular formula is C22H20N2O3. The lowest BCUT2D eigenvalue weighted by atomic mass is 9.95. The van der Waals surface area contributed by atoms with Crippen LogP contribution in [-0.4, -0.2) is 15.8 Å². The summed E-state index contributed by atoms with van der Waals surface area (Å²) in [6, 6.07) is 17.6. The summed E-state index contributed by atoms with van der Waals surface area (Å²) in [5, 5.41) is 17.2. The van der Waals surface area contributed by atoms with Crippen molar-refractivity contribution in [2.75, 3.05) is 0 Å². The fourth-order valence-corrected chi connectivity index (χ4v) is 3.85. The first-order valence-corrected chi connectivity index (χ1v) is 9.08. The molecule has 2 aliphatic rings. The molecule has 1 N–H and O–H groups in total. The number of aromatic hydroxyl groups is 1. The summed E-state index contributed by atoms with van der Waals surface area (Å²) in [6.07, 6.45) is 0.274. The maximum atomic E-state index is 10.4. The average molecular weight is 360 g/mol. The second-order valence-corrected chi connectivity index (χ2v) is 7.12. The molecule has 136 valence electrons. The molecular weight excluding hydrogens is 340 g/mol. The molecule has 1 aromatic heterocycles. The average Bonchev–Trinajstić information content (AvgIpc) is 3.30. The number of nitrogens with zero attached hydrogens (tertiary/aromatic N) is 2. The molecule has 0 spiro atoms. The summed E-state index contributed by atoms with van der Waals surface area (Å²) in [5.74, 6) is 2.66. The van der Waals surface area contributed by atoms with Crippen LogP contribution < -0.4 is 4.74 Å². The van der Waals surface area contributed by atoms with E-state index in [0.29, 0.717) is 6.42 Å². The van der Waals surface area contributed by atoms with E-state index in [9.17, 15) is 5.11 Å². The Morgan fingerprint density at radius 1 is 1.07 bits per heavy atom. The molecule has 5 heteroatoms. The Balaban J connectivity index is 1.62. The van der Waals surface area contributed by atoms with Crippen molar-refractivity contribution in [1.82, 2.24) is 5.01 Å². The topological polar surface area (TPSA) is 58.2 Å². The predicted octanol–water partition coefficient (Wildman–Crippen LogP) is 4.84. The normalized spacial score (nSPS) is 20.7. The van der Waals surface area contributed by atoms with E-state index in [0.717, 1.165) is 39.7 Å². The molecule has 5 rings (SSSR count). The fourth-order valence-electron chi connectivity index (χ4n) is 3.85. The molecule has 5 nitrogen and oxygen atoms in total. The molecule has 0 bridgehead atoms. The number of para-hydroxylation sites is 1. The van der Waals surface area contributed by atoms with Crippen LogP contribution in [-0.2, 0) is 0 Å². The monoisotopic (exact) mass is 360 g/mol. The van der Waals surface area contributed by atoms with Crippen molar-refractivity contribution in [3.8, 4) is 11.5 Å². The summed E-state index contributed by atoms with van der Waals surface area (Å²) in [7, 11) is 0. The zero-order chi connectivity index (χ0) is 18.5. The quantitative estimate of drug-likeness (QED) is 0.710. The number of aryl methyl sites for hydroxylation is 2. The number of phenols is 1. The van der Waals surface area contributed by atoms with E-state index in [1.165, 1.54) is 0 Å². The van der Waals surface area contributed by atoms with Crippen LogP contribution in [0.2, 0.25) is 0 Å². The Hall–Kier alpha value is -3.21. The van der Waals surface area contributed by atoms with Crippen molar-refractivity contribution < 1.29 is 14.3 Å². The first-order valence-electron chi connectivity index (χ1n) is 9.08. The highest BCUT2D eigenvalue weighted by Crippen LogP contribution is 2.48. The third kappa shape index (κ3) is 2.58. The maximum absolute atomic E-state index is 10.4. The zero-order valence-corrected chi connectivity index (χ0v) is 15.2. The van der Waals surface area contributed by atoms with Crippen molar-refractivity contribution in [2.24, 2.45) is 5.10 Å². The van der Waals surface area contributed by atoms with Gasteiger partial charge in [0.1, 0.15) is 17.3 Å². The van der Waals surface area contributed by atoms with E-state index in [1.54, 1.807) is 6.07 Å². The first kappa shape index (κ1) is 16.0. The van der Waals surface area contributed by atoms with E-state index < -0.39 is 6.23 Å². The van der Waals surface area contributed by atoms with Crippen molar-refractivity contribution >= 4 is 5.71 Å². The summed E-state index contributed by atoms with van der Waals surface area (Å²) < 4.78 is 12.1. The number of hydrogen-bond acceptors (Lipinski definition) is 5. The molecule has 2 atom stereocenters. The van der Waals surface area contributed by atoms with Crippen molar-refractivity contribution in [3.63, 3.8) is 0 Å². The standard InChI is InChI=1S/C22H20N2O3/c1-13-7-9-19(25)16(11-13)17-12-18-15-5-3-4-6-20(15)27-22(24(18)23-17)21-10-8-14(2)26-21/h3-11,18,22,25H,12H2,1-2H3. The molecule has 0 saturated heterocycles. The Kier molecular flexibility index (Phi) is 3.50. The number of hydrogen-bond donors (Lipinski definition) is 1. The van der Waals surface area contributed by atoms with Gasteiger partial charge in [0.15, 0.2) is 5.76 Å². The van der Waals surface area contributed by atoms with Gasteiger partial charge in [-0.25, -0.2) is 5.01 Å². The van der Waals surface area contributed by atoms with Gasteiger partial charge in [-0.2, -0.15) is 5.10 Å². The number of fused-ring (bicyclic) bond motifs is 3. The highest BCUT2D eigenvalue weighted by atomic mass is 16.5. The lowest BCUT2D eigenvalue weighted by molar-refractivity contribution is -0.0329. The van der Waals surface area contributed by atoms with Crippen LogP contribution in [0.25, 0.3) is 0 Å². The lowest BCUT2D eigenvalue weighted by Gasteiger charge is -2.36. The number of rotatable bonds is 2. The minimum absolute atomic E-state index is 0.0419. The van der Waals surface area contributed by atoms with E-state index in [2.05, 4.69) is 6.07 Å². The predicted molar refractivity (Wildman–Crippen MR) is 102 cm³/mol. The molecule has 2 unspecified atom stereocenters. The molecule has 0 radical (unpaired) electrons. The van der Waals surface area contributed by atoms with Gasteiger partial charge >= 0.3 is 0 Å². The molecule has 3 heterocycles. The highest BCUT2D eigenvalue weighted by molar-refractivity contribution is 6.04. The van der Waals surface area contributed by atoms with Crippen LogP contribution in [0.1, 0.15) is 46.9 Å². The Labute approximate surface area is 157 Å². The van der Waals surface area contributed by atoms with E-state index in [-0.39, 0.29) is 11.8 Å². The molecule has 0 fully saturated rings. The number of hydrazone groups is 1. The third-order valence-corrected chi connectivity index (χ3v) is 5.17. The van der Waals surface area contributed by atoms with Crippen molar-refractivity contribution in [3.05, 3.63) is 82.8 Å². The van der Waals surface area contributed by atoms with Crippen LogP contribution >= 0.6 is 0 Å². The van der Waals surface area contributed by atoms with Gasteiger partial charge < -0.3 is 14.3 Å². The van der Waals surface area contributed by atoms with Gasteiger partial charge in [0.05, 0.1) is 11.8 Å². The number of phenolic OH excluding ortho intramolecular Hbond substituents is 1. The van der Waals surface area contributed by atoms with E-state index in [1.807, 2.05) is 61.3 Å². The third-order valence-electron chi connectivity index (χ3n) is 5.17. The van der Waals surface area contributed by atoms with Crippen molar-refractivity contribution in [2.45, 2.75) is 32.5 Å². The Morgan fingerprint density at radius 3 is 2.74 bits per heavy atom. The van der Waals surface area contributed by atoms with Gasteiger partial charge in [0.2, 0.25) is 6.23 Å². The minimum atomic E-state index is -0.428. The van der Waals surface area contributed by atoms with Crippen molar-refractivity contribution in [1.29, 1.82) is 0 Å². The van der Waals surface area contributed by atoms with Gasteiger partial charge in [-0.05, 0) is 44.2 Å². The molecule has 2 aromatic carbocycles. The smallest absolute Gasteiger partial charge is 0.246 e. The van der Waals surface area contributed by atoms with Crippen LogP contribution in [0.15, 0.2) is 64.1 Å². The molecule has 2 aliphatic heterocycles. The van der Waals surface area contributed by atoms with Crippen LogP contribution in [0.3, 0.4) is 0 Å². The largest absolute Gasteiger partial charge is 0.507 e. The highest BCUT2D eigenvalue weighted by Gasteiger charge is 2.42. The summed E-state index contributed by atoms with van der Waals surface area (Å²) in [5.41, 5.74) is 3.82. The lowest BCUT2D eigenvalue weighted by Crippen LogP contribution is -2.33. The summed E-state index contributed by atoms with van der Waals surface area (Å²) in [6.45, 7) is 3.93. The fraction of sp³-hybridized carbons (Fsp3) is 0.227. The van der Waals surface area contributed by atoms with Crippen LogP contribution in [0.4, 0.5) is 0 Å². The van der Waals surface area contributed by atoms with Gasteiger partial charge in [-0.3, -0.25) is 0 Å². The second kappa shape index (κ2) is 5.91. The van der Waals surface area contributed by atoms with E-state index >= 15 is 0 Å². The van der Waals surface area contributed by atoms with Gasteiger partial charge in [-0.15, -0.1) is 0 Å². The zero-order valence-electron chi connectivity index (χ0n) is 15.2. The van der Waals surface area contributed by atoms with Gasteiger partial charge in [0.25, 0.3) is 0 Å². The minimum Gasteiger partial charge on any atom is -0.507 e. The van der Waals surface area contributed by atoms with Gasteiger partial charge in [-0.1, -0.05) is 29.8 Å². The molecule has 27 heavy (non-hydrogen) atoms. The molecule has 3 aromatic rings. The first-order chi connectivity index (χ1) is 13.1. The van der Waals surface area contributed by atoms with E-state index in [4.69, 9.17) is 14.3 Å². The Morgan fingerprint density at radius 2 is 1.93 bits per heavy atom. The number of ether oxygens (including phenoxy) is 1.